The number of hydrogen-bond donors (Lipinski definition) is 3. The van der Waals surface area contributed by atoms with Gasteiger partial charge in [0.15, 0.2) is 0 Å². The summed E-state index contributed by atoms with van der Waals surface area (Å²) in [5.41, 5.74) is 4.26. The number of nitrogens with one attached hydrogen (secondary N) is 3. The molecule has 3 aromatic rings. The zero-order chi connectivity index (χ0) is 21.1. The Bertz CT molecular complexity index is 1060. The zero-order valence-electron chi connectivity index (χ0n) is 17.6. The van der Waals surface area contributed by atoms with Crippen molar-refractivity contribution in [2.45, 2.75) is 38.8 Å². The summed E-state index contributed by atoms with van der Waals surface area (Å²) in [5, 5.41) is 2.94. The second-order valence-electron chi connectivity index (χ2n) is 8.13. The number of aromatic nitrogens is 2. The molecule has 4 rings (SSSR count). The molecule has 158 valence electrons. The predicted molar refractivity (Wildman–Crippen MR) is 121 cm³/mol. The van der Waals surface area contributed by atoms with Gasteiger partial charge in [-0.15, -0.1) is 0 Å². The number of H-pyrrole nitrogens is 2. The van der Waals surface area contributed by atoms with E-state index in [9.17, 15) is 9.59 Å². The summed E-state index contributed by atoms with van der Waals surface area (Å²) < 4.78 is 0. The van der Waals surface area contributed by atoms with E-state index < -0.39 is 0 Å². The van der Waals surface area contributed by atoms with Gasteiger partial charge in [-0.2, -0.15) is 0 Å². The van der Waals surface area contributed by atoms with Gasteiger partial charge >= 0.3 is 5.69 Å². The molecule has 0 saturated carbocycles. The van der Waals surface area contributed by atoms with Gasteiger partial charge in [0, 0.05) is 31.0 Å². The maximum Gasteiger partial charge on any atom is 0.323 e. The van der Waals surface area contributed by atoms with Gasteiger partial charge in [0.25, 0.3) is 0 Å². The summed E-state index contributed by atoms with van der Waals surface area (Å²) in [6, 6.07) is 13.7. The van der Waals surface area contributed by atoms with E-state index in [4.69, 9.17) is 0 Å². The molecule has 0 aliphatic carbocycles. The number of rotatable bonds is 6. The SMILES string of the molecule is CC(C(=O)Nc1ccc2[nH]c(=O)[nH]c2c1)N(C)Cc1ccc(N2CCCCC2)cc1. The Hall–Kier alpha value is -3.06. The third-order valence-corrected chi connectivity index (χ3v) is 5.91. The van der Waals surface area contributed by atoms with Crippen LogP contribution in [0.25, 0.3) is 11.0 Å². The van der Waals surface area contributed by atoms with Gasteiger partial charge in [0.2, 0.25) is 5.91 Å². The van der Waals surface area contributed by atoms with Crippen LogP contribution in [0.15, 0.2) is 47.3 Å². The number of aromatic amines is 2. The van der Waals surface area contributed by atoms with Crippen LogP contribution in [0.5, 0.6) is 0 Å². The van der Waals surface area contributed by atoms with Crippen molar-refractivity contribution < 1.29 is 4.79 Å². The predicted octanol–water partition coefficient (Wildman–Crippen LogP) is 3.31. The quantitative estimate of drug-likeness (QED) is 0.585. The fourth-order valence-electron chi connectivity index (χ4n) is 3.95. The molecule has 1 atom stereocenters. The van der Waals surface area contributed by atoms with Gasteiger partial charge in [-0.25, -0.2) is 4.79 Å². The largest absolute Gasteiger partial charge is 0.372 e. The third kappa shape index (κ3) is 4.57. The van der Waals surface area contributed by atoms with Crippen LogP contribution < -0.4 is 15.9 Å². The van der Waals surface area contributed by atoms with Crippen molar-refractivity contribution in [1.29, 1.82) is 0 Å². The molecule has 30 heavy (non-hydrogen) atoms. The van der Waals surface area contributed by atoms with Crippen LogP contribution in [-0.4, -0.2) is 47.0 Å². The Morgan fingerprint density at radius 2 is 1.77 bits per heavy atom. The molecule has 1 aliphatic heterocycles. The highest BCUT2D eigenvalue weighted by molar-refractivity contribution is 5.96. The number of nitrogens with zero attached hydrogens (tertiary/aromatic N) is 2. The number of amides is 1. The normalized spacial score (nSPS) is 15.5. The Morgan fingerprint density at radius 3 is 2.50 bits per heavy atom. The van der Waals surface area contributed by atoms with E-state index in [2.05, 4.69) is 44.5 Å². The second-order valence-corrected chi connectivity index (χ2v) is 8.13. The summed E-state index contributed by atoms with van der Waals surface area (Å²) in [6.07, 6.45) is 3.87. The topological polar surface area (TPSA) is 84.2 Å². The summed E-state index contributed by atoms with van der Waals surface area (Å²) >= 11 is 0. The number of hydrogen-bond acceptors (Lipinski definition) is 4. The van der Waals surface area contributed by atoms with Crippen molar-refractivity contribution in [3.63, 3.8) is 0 Å². The summed E-state index contributed by atoms with van der Waals surface area (Å²) in [7, 11) is 1.95. The molecular weight excluding hydrogens is 378 g/mol. The van der Waals surface area contributed by atoms with Crippen LogP contribution in [0, 0.1) is 0 Å². The fraction of sp³-hybridized carbons (Fsp3) is 0.391. The molecule has 0 bridgehead atoms. The van der Waals surface area contributed by atoms with Crippen LogP contribution in [0.4, 0.5) is 11.4 Å². The molecule has 1 fully saturated rings. The number of fused-ring (bicyclic) bond motifs is 1. The van der Waals surface area contributed by atoms with Gasteiger partial charge in [-0.05, 0) is 69.1 Å². The standard InChI is InChI=1S/C23H29N5O2/c1-16(22(29)24-18-8-11-20-21(14-18)26-23(30)25-20)27(2)15-17-6-9-19(10-7-17)28-12-4-3-5-13-28/h6-11,14,16H,3-5,12-13,15H2,1-2H3,(H,24,29)(H2,25,26,30). The summed E-state index contributed by atoms with van der Waals surface area (Å²) in [6.45, 7) is 4.87. The minimum atomic E-state index is -0.298. The van der Waals surface area contributed by atoms with Crippen LogP contribution in [0.2, 0.25) is 0 Å². The molecule has 1 saturated heterocycles. The lowest BCUT2D eigenvalue weighted by Crippen LogP contribution is -2.39. The molecule has 2 heterocycles. The van der Waals surface area contributed by atoms with E-state index in [-0.39, 0.29) is 17.6 Å². The molecule has 7 nitrogen and oxygen atoms in total. The summed E-state index contributed by atoms with van der Waals surface area (Å²) in [5.74, 6) is -0.0836. The monoisotopic (exact) mass is 407 g/mol. The number of imidazole rings is 1. The Balaban J connectivity index is 1.35. The van der Waals surface area contributed by atoms with Crippen molar-refractivity contribution in [2.24, 2.45) is 0 Å². The van der Waals surface area contributed by atoms with E-state index in [0.717, 1.165) is 18.6 Å². The Kier molecular flexibility index (Phi) is 5.90. The first kappa shape index (κ1) is 20.2. The van der Waals surface area contributed by atoms with Gasteiger partial charge in [-0.1, -0.05) is 12.1 Å². The van der Waals surface area contributed by atoms with Crippen molar-refractivity contribution in [1.82, 2.24) is 14.9 Å². The number of likely N-dealkylation sites (N-methyl/N-ethyl adjacent to an activating group) is 1. The lowest BCUT2D eigenvalue weighted by atomic mass is 10.1. The average molecular weight is 408 g/mol. The van der Waals surface area contributed by atoms with Gasteiger partial charge in [0.1, 0.15) is 0 Å². The molecule has 2 aromatic carbocycles. The van der Waals surface area contributed by atoms with E-state index in [1.54, 1.807) is 18.2 Å². The van der Waals surface area contributed by atoms with Crippen LogP contribution in [-0.2, 0) is 11.3 Å². The molecule has 1 amide bonds. The maximum absolute atomic E-state index is 12.7. The number of carbonyl (C=O) groups excluding carboxylic acids is 1. The highest BCUT2D eigenvalue weighted by Gasteiger charge is 2.19. The maximum atomic E-state index is 12.7. The molecule has 0 radical (unpaired) electrons. The Morgan fingerprint density at radius 1 is 1.07 bits per heavy atom. The molecule has 3 N–H and O–H groups in total. The van der Waals surface area contributed by atoms with Crippen molar-refractivity contribution in [2.75, 3.05) is 30.4 Å². The number of benzene rings is 2. The second kappa shape index (κ2) is 8.75. The minimum Gasteiger partial charge on any atom is -0.372 e. The van der Waals surface area contributed by atoms with E-state index in [1.807, 2.05) is 18.9 Å². The van der Waals surface area contributed by atoms with Crippen LogP contribution in [0.3, 0.4) is 0 Å². The average Bonchev–Trinajstić information content (AvgIpc) is 3.13. The lowest BCUT2D eigenvalue weighted by molar-refractivity contribution is -0.120. The van der Waals surface area contributed by atoms with Crippen molar-refractivity contribution in [3.05, 3.63) is 58.5 Å². The van der Waals surface area contributed by atoms with Gasteiger partial charge in [0.05, 0.1) is 17.1 Å². The highest BCUT2D eigenvalue weighted by Crippen LogP contribution is 2.21. The van der Waals surface area contributed by atoms with Crippen LogP contribution in [0.1, 0.15) is 31.7 Å². The first-order valence-corrected chi connectivity index (χ1v) is 10.6. The van der Waals surface area contributed by atoms with Gasteiger partial charge < -0.3 is 20.2 Å². The lowest BCUT2D eigenvalue weighted by Gasteiger charge is -2.29. The van der Waals surface area contributed by atoms with Gasteiger partial charge in [-0.3, -0.25) is 9.69 Å². The fourth-order valence-corrected chi connectivity index (χ4v) is 3.95. The van der Waals surface area contributed by atoms with E-state index in [1.165, 1.54) is 30.5 Å². The molecular formula is C23H29N5O2. The molecule has 0 spiro atoms. The first-order chi connectivity index (χ1) is 14.5. The number of piperidine rings is 1. The highest BCUT2D eigenvalue weighted by atomic mass is 16.2. The molecule has 1 aliphatic rings. The zero-order valence-corrected chi connectivity index (χ0v) is 17.6. The van der Waals surface area contributed by atoms with Crippen molar-refractivity contribution >= 4 is 28.3 Å². The third-order valence-electron chi connectivity index (χ3n) is 5.91. The smallest absolute Gasteiger partial charge is 0.323 e. The first-order valence-electron chi connectivity index (χ1n) is 10.6. The number of carbonyl (C=O) groups is 1. The minimum absolute atomic E-state index is 0.0836. The molecule has 1 aromatic heterocycles. The van der Waals surface area contributed by atoms with E-state index in [0.29, 0.717) is 17.7 Å². The summed E-state index contributed by atoms with van der Waals surface area (Å²) in [4.78, 5) is 34.0. The van der Waals surface area contributed by atoms with E-state index >= 15 is 0 Å². The molecule has 1 unspecified atom stereocenters. The Labute approximate surface area is 176 Å². The molecule has 7 heteroatoms. The van der Waals surface area contributed by atoms with Crippen LogP contribution >= 0.6 is 0 Å². The number of anilines is 2. The van der Waals surface area contributed by atoms with Crippen molar-refractivity contribution in [3.8, 4) is 0 Å².